The number of ether oxygens (including phenoxy) is 5. The number of hydrogen-bond acceptors (Lipinski definition) is 6. The Kier molecular flexibility index (Phi) is 6.41. The fourth-order valence-electron chi connectivity index (χ4n) is 1.28. The molecule has 0 aromatic heterocycles. The van der Waals surface area contributed by atoms with Crippen LogP contribution in [-0.2, 0) is 14.2 Å². The molecule has 0 aliphatic rings. The van der Waals surface area contributed by atoms with Crippen LogP contribution in [0.25, 0.3) is 0 Å². The highest BCUT2D eigenvalue weighted by Crippen LogP contribution is 2.33. The zero-order valence-corrected chi connectivity index (χ0v) is 11.7. The van der Waals surface area contributed by atoms with Gasteiger partial charge < -0.3 is 23.7 Å². The van der Waals surface area contributed by atoms with E-state index in [0.717, 1.165) is 0 Å². The van der Waals surface area contributed by atoms with Gasteiger partial charge >= 0.3 is 5.97 Å². The van der Waals surface area contributed by atoms with Gasteiger partial charge in [-0.3, -0.25) is 0 Å². The highest BCUT2D eigenvalue weighted by Gasteiger charge is 2.17. The molecule has 1 aromatic rings. The summed E-state index contributed by atoms with van der Waals surface area (Å²) in [5.41, 5.74) is 0.190. The zero-order chi connectivity index (χ0) is 14.3. The van der Waals surface area contributed by atoms with Crippen LogP contribution in [0.3, 0.4) is 0 Å². The first-order chi connectivity index (χ1) is 9.13. The van der Waals surface area contributed by atoms with Crippen LogP contribution in [-0.4, -0.2) is 40.9 Å². The minimum Gasteiger partial charge on any atom is -0.467 e. The summed E-state index contributed by atoms with van der Waals surface area (Å²) in [6.45, 7) is -0.00277. The van der Waals surface area contributed by atoms with Crippen molar-refractivity contribution in [2.24, 2.45) is 0 Å². The molecule has 19 heavy (non-hydrogen) atoms. The Morgan fingerprint density at radius 2 is 1.63 bits per heavy atom. The molecule has 0 fully saturated rings. The summed E-state index contributed by atoms with van der Waals surface area (Å²) in [7, 11) is 4.22. The number of benzene rings is 1. The molecule has 6 nitrogen and oxygen atoms in total. The van der Waals surface area contributed by atoms with Crippen molar-refractivity contribution in [3.63, 3.8) is 0 Å². The first-order valence-corrected chi connectivity index (χ1v) is 5.67. The Morgan fingerprint density at radius 3 is 2.16 bits per heavy atom. The molecular formula is C12H15ClO6. The highest BCUT2D eigenvalue weighted by atomic mass is 35.5. The summed E-state index contributed by atoms with van der Waals surface area (Å²) < 4.78 is 24.7. The van der Waals surface area contributed by atoms with Crippen molar-refractivity contribution in [1.29, 1.82) is 0 Å². The average Bonchev–Trinajstić information content (AvgIpc) is 2.43. The third-order valence-electron chi connectivity index (χ3n) is 2.10. The van der Waals surface area contributed by atoms with E-state index >= 15 is 0 Å². The van der Waals surface area contributed by atoms with E-state index in [1.165, 1.54) is 33.5 Å². The molecule has 0 spiro atoms. The molecule has 7 heteroatoms. The Bertz CT molecular complexity index is 434. The second-order valence-corrected chi connectivity index (χ2v) is 3.78. The van der Waals surface area contributed by atoms with Crippen LogP contribution >= 0.6 is 11.6 Å². The summed E-state index contributed by atoms with van der Waals surface area (Å²) >= 11 is 6.01. The molecule has 0 radical (unpaired) electrons. The molecule has 0 aliphatic carbocycles. The van der Waals surface area contributed by atoms with Crippen molar-refractivity contribution < 1.29 is 28.5 Å². The molecule has 0 N–H and O–H groups in total. The molecule has 0 unspecified atom stereocenters. The van der Waals surface area contributed by atoms with Gasteiger partial charge in [0.25, 0.3) is 0 Å². The summed E-state index contributed by atoms with van der Waals surface area (Å²) in [5.74, 6) is -0.0119. The van der Waals surface area contributed by atoms with Crippen LogP contribution in [0, 0.1) is 0 Å². The van der Waals surface area contributed by atoms with Crippen molar-refractivity contribution >= 4 is 17.6 Å². The number of carbonyl (C=O) groups excluding carboxylic acids is 1. The summed E-state index contributed by atoms with van der Waals surface area (Å²) in [6, 6.07) is 2.88. The lowest BCUT2D eigenvalue weighted by Gasteiger charge is -2.13. The fourth-order valence-corrected chi connectivity index (χ4v) is 1.49. The molecule has 106 valence electrons. The smallest absolute Gasteiger partial charge is 0.341 e. The lowest BCUT2D eigenvalue weighted by atomic mass is 10.2. The van der Waals surface area contributed by atoms with E-state index in [1.54, 1.807) is 0 Å². The van der Waals surface area contributed by atoms with Gasteiger partial charge in [-0.25, -0.2) is 4.79 Å². The number of esters is 1. The van der Waals surface area contributed by atoms with Gasteiger partial charge in [0, 0.05) is 26.4 Å². The molecule has 1 aromatic carbocycles. The second-order valence-electron chi connectivity index (χ2n) is 3.37. The third kappa shape index (κ3) is 4.27. The molecule has 0 bridgehead atoms. The Labute approximate surface area is 116 Å². The van der Waals surface area contributed by atoms with Crippen LogP contribution in [0.2, 0.25) is 5.02 Å². The van der Waals surface area contributed by atoms with Crippen LogP contribution < -0.4 is 9.47 Å². The SMILES string of the molecule is COCOc1cc(C(=O)OC)c(OCOC)cc1Cl. The van der Waals surface area contributed by atoms with Crippen LogP contribution in [0.1, 0.15) is 10.4 Å². The third-order valence-corrected chi connectivity index (χ3v) is 2.40. The van der Waals surface area contributed by atoms with E-state index in [2.05, 4.69) is 4.74 Å². The zero-order valence-electron chi connectivity index (χ0n) is 10.9. The lowest BCUT2D eigenvalue weighted by molar-refractivity contribution is 0.0444. The second kappa shape index (κ2) is 7.83. The van der Waals surface area contributed by atoms with E-state index in [4.69, 9.17) is 30.5 Å². The predicted molar refractivity (Wildman–Crippen MR) is 67.8 cm³/mol. The normalized spacial score (nSPS) is 10.1. The molecule has 1 rings (SSSR count). The van der Waals surface area contributed by atoms with Crippen molar-refractivity contribution in [2.75, 3.05) is 34.9 Å². The van der Waals surface area contributed by atoms with Gasteiger partial charge in [-0.2, -0.15) is 0 Å². The summed E-state index contributed by atoms with van der Waals surface area (Å²) in [6.07, 6.45) is 0. The van der Waals surface area contributed by atoms with Gasteiger partial charge in [0.05, 0.1) is 12.1 Å². The first-order valence-electron chi connectivity index (χ1n) is 5.29. The number of halogens is 1. The van der Waals surface area contributed by atoms with Crippen molar-refractivity contribution in [3.8, 4) is 11.5 Å². The molecular weight excluding hydrogens is 276 g/mol. The van der Waals surface area contributed by atoms with Crippen molar-refractivity contribution in [2.45, 2.75) is 0 Å². The monoisotopic (exact) mass is 290 g/mol. The molecule has 0 heterocycles. The maximum atomic E-state index is 11.7. The van der Waals surface area contributed by atoms with Crippen LogP contribution in [0.15, 0.2) is 12.1 Å². The Balaban J connectivity index is 3.08. The first kappa shape index (κ1) is 15.6. The summed E-state index contributed by atoms with van der Waals surface area (Å²) in [4.78, 5) is 11.7. The largest absolute Gasteiger partial charge is 0.467 e. The average molecular weight is 291 g/mol. The van der Waals surface area contributed by atoms with E-state index in [0.29, 0.717) is 5.75 Å². The number of carbonyl (C=O) groups is 1. The fraction of sp³-hybridized carbons (Fsp3) is 0.417. The molecule has 0 amide bonds. The Morgan fingerprint density at radius 1 is 1.05 bits per heavy atom. The maximum absolute atomic E-state index is 11.7. The van der Waals surface area contributed by atoms with Gasteiger partial charge in [0.15, 0.2) is 13.6 Å². The molecule has 0 atom stereocenters. The van der Waals surface area contributed by atoms with Crippen LogP contribution in [0.4, 0.5) is 0 Å². The van der Waals surface area contributed by atoms with E-state index in [-0.39, 0.29) is 29.9 Å². The highest BCUT2D eigenvalue weighted by molar-refractivity contribution is 6.32. The molecule has 0 saturated carbocycles. The van der Waals surface area contributed by atoms with Crippen molar-refractivity contribution in [3.05, 3.63) is 22.7 Å². The Hall–Kier alpha value is -1.50. The van der Waals surface area contributed by atoms with Crippen LogP contribution in [0.5, 0.6) is 11.5 Å². The van der Waals surface area contributed by atoms with Gasteiger partial charge in [0.2, 0.25) is 0 Å². The minimum absolute atomic E-state index is 0.0125. The van der Waals surface area contributed by atoms with Crippen molar-refractivity contribution in [1.82, 2.24) is 0 Å². The van der Waals surface area contributed by atoms with Gasteiger partial charge in [-0.15, -0.1) is 0 Å². The summed E-state index contributed by atoms with van der Waals surface area (Å²) in [5, 5.41) is 0.288. The van der Waals surface area contributed by atoms with E-state index in [1.807, 2.05) is 0 Å². The topological polar surface area (TPSA) is 63.2 Å². The minimum atomic E-state index is -0.565. The number of hydrogen-bond donors (Lipinski definition) is 0. The van der Waals surface area contributed by atoms with Gasteiger partial charge in [-0.1, -0.05) is 11.6 Å². The lowest BCUT2D eigenvalue weighted by Crippen LogP contribution is -2.09. The van der Waals surface area contributed by atoms with Gasteiger partial charge in [0.1, 0.15) is 17.1 Å². The molecule has 0 saturated heterocycles. The number of methoxy groups -OCH3 is 3. The molecule has 0 aliphatic heterocycles. The van der Waals surface area contributed by atoms with E-state index in [9.17, 15) is 4.79 Å². The van der Waals surface area contributed by atoms with Gasteiger partial charge in [-0.05, 0) is 0 Å². The maximum Gasteiger partial charge on any atom is 0.341 e. The number of rotatable bonds is 7. The predicted octanol–water partition coefficient (Wildman–Crippen LogP) is 2.09. The van der Waals surface area contributed by atoms with E-state index < -0.39 is 5.97 Å². The standard InChI is InChI=1S/C12H15ClO6/c1-15-6-18-10-5-9(13)11(19-7-16-2)4-8(10)12(14)17-3/h4-5H,6-7H2,1-3H3. The quantitative estimate of drug-likeness (QED) is 0.566.